The second-order valence-electron chi connectivity index (χ2n) is 5.73. The van der Waals surface area contributed by atoms with Gasteiger partial charge in [0.25, 0.3) is 0 Å². The maximum atomic E-state index is 6.22. The highest BCUT2D eigenvalue weighted by atomic mass is 16.5. The summed E-state index contributed by atoms with van der Waals surface area (Å²) < 4.78 is 6.22. The maximum absolute atomic E-state index is 6.22. The Morgan fingerprint density at radius 3 is 2.26 bits per heavy atom. The molecule has 2 nitrogen and oxygen atoms in total. The first kappa shape index (κ1) is 19.8. The first-order chi connectivity index (χ1) is 11.3. The van der Waals surface area contributed by atoms with Crippen LogP contribution >= 0.6 is 0 Å². The molecule has 2 aliphatic rings. The molecule has 1 aromatic rings. The van der Waals surface area contributed by atoms with Crippen molar-refractivity contribution in [1.29, 1.82) is 0 Å². The van der Waals surface area contributed by atoms with Crippen molar-refractivity contribution in [1.82, 2.24) is 5.32 Å². The number of hydrogen-bond donors (Lipinski definition) is 1. The van der Waals surface area contributed by atoms with Gasteiger partial charge in [-0.1, -0.05) is 58.9 Å². The quantitative estimate of drug-likeness (QED) is 0.768. The predicted molar refractivity (Wildman–Crippen MR) is 102 cm³/mol. The zero-order chi connectivity index (χ0) is 17.2. The number of nitrogens with one attached hydrogen (secondary N) is 1. The Kier molecular flexibility index (Phi) is 9.01. The molecule has 1 N–H and O–H groups in total. The Labute approximate surface area is 143 Å². The Morgan fingerprint density at radius 2 is 1.70 bits per heavy atom. The second-order valence-corrected chi connectivity index (χ2v) is 5.73. The fourth-order valence-corrected chi connectivity index (χ4v) is 3.15. The molecule has 0 saturated heterocycles. The summed E-state index contributed by atoms with van der Waals surface area (Å²) in [5.74, 6) is 1.72. The zero-order valence-corrected chi connectivity index (χ0v) is 15.9. The van der Waals surface area contributed by atoms with E-state index in [0.29, 0.717) is 12.0 Å². The molecular weight excluding hydrogens is 282 g/mol. The van der Waals surface area contributed by atoms with Crippen LogP contribution in [0.1, 0.15) is 70.1 Å². The number of rotatable bonds is 3. The van der Waals surface area contributed by atoms with E-state index in [0.717, 1.165) is 25.8 Å². The Balaban J connectivity index is 0.000000388. The maximum Gasteiger partial charge on any atom is 0.127 e. The van der Waals surface area contributed by atoms with E-state index < -0.39 is 0 Å². The summed E-state index contributed by atoms with van der Waals surface area (Å²) in [6.45, 7) is 11.6. The summed E-state index contributed by atoms with van der Waals surface area (Å²) in [7, 11) is 1.93. The summed E-state index contributed by atoms with van der Waals surface area (Å²) in [4.78, 5) is 0. The van der Waals surface area contributed by atoms with Crippen molar-refractivity contribution in [3.05, 3.63) is 41.0 Å². The van der Waals surface area contributed by atoms with Crippen LogP contribution in [0.4, 0.5) is 0 Å². The Hall–Kier alpha value is -1.28. The smallest absolute Gasteiger partial charge is 0.127 e. The molecule has 2 atom stereocenters. The van der Waals surface area contributed by atoms with Crippen LogP contribution in [0.15, 0.2) is 24.3 Å². The van der Waals surface area contributed by atoms with E-state index in [1.54, 1.807) is 0 Å². The third-order valence-electron chi connectivity index (χ3n) is 4.45. The highest BCUT2D eigenvalue weighted by Crippen LogP contribution is 2.46. The fourth-order valence-electron chi connectivity index (χ4n) is 3.15. The molecule has 1 aromatic carbocycles. The highest BCUT2D eigenvalue weighted by molar-refractivity contribution is 5.54. The van der Waals surface area contributed by atoms with Gasteiger partial charge < -0.3 is 10.1 Å². The molecule has 23 heavy (non-hydrogen) atoms. The van der Waals surface area contributed by atoms with Crippen molar-refractivity contribution < 1.29 is 4.74 Å². The van der Waals surface area contributed by atoms with Gasteiger partial charge in [-0.05, 0) is 50.4 Å². The monoisotopic (exact) mass is 317 g/mol. The summed E-state index contributed by atoms with van der Waals surface area (Å²) in [5.41, 5.74) is 4.32. The van der Waals surface area contributed by atoms with E-state index in [4.69, 9.17) is 4.74 Å². The third-order valence-corrected chi connectivity index (χ3v) is 4.45. The molecule has 2 heteroatoms. The molecule has 0 bridgehead atoms. The molecule has 0 saturated carbocycles. The van der Waals surface area contributed by atoms with Gasteiger partial charge in [-0.2, -0.15) is 0 Å². The van der Waals surface area contributed by atoms with Crippen LogP contribution < -0.4 is 10.1 Å². The minimum atomic E-state index is 0.396. The number of allylic oxidation sites excluding steroid dienone is 1. The minimum absolute atomic E-state index is 0.396. The van der Waals surface area contributed by atoms with Crippen LogP contribution in [0.5, 0.6) is 5.75 Å². The largest absolute Gasteiger partial charge is 0.489 e. The molecule has 130 valence electrons. The van der Waals surface area contributed by atoms with E-state index in [-0.39, 0.29) is 0 Å². The van der Waals surface area contributed by atoms with Gasteiger partial charge in [-0.15, -0.1) is 0 Å². The first-order valence-electron chi connectivity index (χ1n) is 9.39. The van der Waals surface area contributed by atoms with Crippen molar-refractivity contribution in [3.8, 4) is 5.75 Å². The van der Waals surface area contributed by atoms with Gasteiger partial charge in [0.2, 0.25) is 0 Å². The number of fused-ring (bicyclic) bond motifs is 3. The second kappa shape index (κ2) is 10.5. The van der Waals surface area contributed by atoms with Crippen molar-refractivity contribution >= 4 is 0 Å². The van der Waals surface area contributed by atoms with Gasteiger partial charge in [0, 0.05) is 11.5 Å². The normalized spacial score (nSPS) is 20.3. The first-order valence-corrected chi connectivity index (χ1v) is 9.39. The molecule has 1 aliphatic heterocycles. The van der Waals surface area contributed by atoms with Crippen LogP contribution in [0.25, 0.3) is 0 Å². The lowest BCUT2D eigenvalue weighted by atomic mass is 9.84. The molecule has 1 heterocycles. The number of hydrogen-bond acceptors (Lipinski definition) is 2. The van der Waals surface area contributed by atoms with E-state index in [2.05, 4.69) is 50.4 Å². The van der Waals surface area contributed by atoms with Gasteiger partial charge in [0.05, 0.1) is 0 Å². The minimum Gasteiger partial charge on any atom is -0.489 e. The fraction of sp³-hybridized carbons (Fsp3) is 0.619. The third kappa shape index (κ3) is 4.60. The Bertz CT molecular complexity index is 491. The lowest BCUT2D eigenvalue weighted by molar-refractivity contribution is 0.203. The van der Waals surface area contributed by atoms with Gasteiger partial charge in [-0.3, -0.25) is 0 Å². The van der Waals surface area contributed by atoms with Crippen LogP contribution in [0.3, 0.4) is 0 Å². The highest BCUT2D eigenvalue weighted by Gasteiger charge is 2.36. The summed E-state index contributed by atoms with van der Waals surface area (Å²) >= 11 is 0. The zero-order valence-electron chi connectivity index (χ0n) is 15.9. The number of benzene rings is 1. The van der Waals surface area contributed by atoms with Gasteiger partial charge in [-0.25, -0.2) is 0 Å². The van der Waals surface area contributed by atoms with Gasteiger partial charge in [0.1, 0.15) is 11.9 Å². The lowest BCUT2D eigenvalue weighted by Gasteiger charge is -2.19. The summed E-state index contributed by atoms with van der Waals surface area (Å²) in [6.07, 6.45) is 9.58. The van der Waals surface area contributed by atoms with Gasteiger partial charge >= 0.3 is 0 Å². The lowest BCUT2D eigenvalue weighted by Crippen LogP contribution is -2.19. The number of aryl methyl sites for hydroxylation is 2. The van der Waals surface area contributed by atoms with E-state index in [9.17, 15) is 0 Å². The molecule has 0 aromatic heterocycles. The van der Waals surface area contributed by atoms with Crippen molar-refractivity contribution in [3.63, 3.8) is 0 Å². The predicted octanol–water partition coefficient (Wildman–Crippen LogP) is 5.26. The average molecular weight is 318 g/mol. The van der Waals surface area contributed by atoms with Crippen molar-refractivity contribution in [2.75, 3.05) is 13.6 Å². The summed E-state index contributed by atoms with van der Waals surface area (Å²) in [5, 5.41) is 2.93. The summed E-state index contributed by atoms with van der Waals surface area (Å²) in [6, 6.07) is 4.55. The molecule has 0 fully saturated rings. The molecule has 0 amide bonds. The molecule has 1 unspecified atom stereocenters. The van der Waals surface area contributed by atoms with E-state index in [1.807, 2.05) is 20.9 Å². The van der Waals surface area contributed by atoms with E-state index >= 15 is 0 Å². The van der Waals surface area contributed by atoms with Crippen LogP contribution in [-0.4, -0.2) is 19.7 Å². The Morgan fingerprint density at radius 1 is 1.09 bits per heavy atom. The topological polar surface area (TPSA) is 21.3 Å². The van der Waals surface area contributed by atoms with Crippen LogP contribution in [-0.2, 0) is 12.8 Å². The van der Waals surface area contributed by atoms with E-state index in [1.165, 1.54) is 28.9 Å². The van der Waals surface area contributed by atoms with Crippen molar-refractivity contribution in [2.45, 2.75) is 72.3 Å². The van der Waals surface area contributed by atoms with Crippen molar-refractivity contribution in [2.24, 2.45) is 0 Å². The molecule has 1 aliphatic carbocycles. The standard InChI is InChI=1S/C16H20O.C3H9N.C2H6/c1-3-11-9-10-12(4-2)16-15(11)13-7-5-6-8-14(13)17-16;1-3-4-2;1-2/h5,7,9-10,13-14H,3-4,6,8H2,1-2H3;4H,3H2,1-2H3;1-2H3/t13?,14-;;/m1../s1. The number of ether oxygens (including phenoxy) is 1. The molecule has 3 rings (SSSR count). The molecule has 0 spiro atoms. The molecular formula is C21H35NO. The SMILES string of the molecule is CC.CCNC.CCc1ccc(CC)c2c1O[C@@H]1CCC=CC21. The van der Waals surface area contributed by atoms with Crippen LogP contribution in [0, 0.1) is 0 Å². The van der Waals surface area contributed by atoms with Gasteiger partial charge in [0.15, 0.2) is 0 Å². The average Bonchev–Trinajstić information content (AvgIpc) is 3.02. The molecule has 0 radical (unpaired) electrons. The van der Waals surface area contributed by atoms with Crippen LogP contribution in [0.2, 0.25) is 0 Å².